The molecule has 37 heavy (non-hydrogen) atoms. The van der Waals surface area contributed by atoms with Crippen LogP contribution in [0.25, 0.3) is 5.76 Å². The molecule has 4 rings (SSSR count). The Morgan fingerprint density at radius 3 is 2.38 bits per heavy atom. The van der Waals surface area contributed by atoms with Crippen LogP contribution in [0, 0.1) is 0 Å². The summed E-state index contributed by atoms with van der Waals surface area (Å²) in [6.45, 7) is 1.32. The number of amides is 1. The molecule has 198 valence electrons. The molecular weight excluding hydrogens is 504 g/mol. The number of rotatable bonds is 8. The van der Waals surface area contributed by atoms with Crippen molar-refractivity contribution in [1.82, 2.24) is 9.21 Å². The molecule has 2 aliphatic rings. The highest BCUT2D eigenvalue weighted by molar-refractivity contribution is 7.89. The number of ether oxygens (including phenoxy) is 3. The molecule has 0 aliphatic carbocycles. The first-order valence-corrected chi connectivity index (χ1v) is 13.0. The molecule has 1 atom stereocenters. The molecule has 0 unspecified atom stereocenters. The van der Waals surface area contributed by atoms with E-state index in [2.05, 4.69) is 0 Å². The van der Waals surface area contributed by atoms with E-state index < -0.39 is 33.5 Å². The summed E-state index contributed by atoms with van der Waals surface area (Å²) in [6.07, 6.45) is 0. The number of ketones is 1. The van der Waals surface area contributed by atoms with Crippen LogP contribution in [0.15, 0.2) is 52.9 Å². The fraction of sp³-hybridized carbons (Fsp3) is 0.360. The molecule has 2 N–H and O–H groups in total. The van der Waals surface area contributed by atoms with Gasteiger partial charge in [0.1, 0.15) is 5.76 Å². The number of benzene rings is 2. The van der Waals surface area contributed by atoms with Gasteiger partial charge in [-0.05, 0) is 42.0 Å². The van der Waals surface area contributed by atoms with Crippen LogP contribution in [-0.2, 0) is 29.1 Å². The second kappa shape index (κ2) is 10.9. The number of sulfonamides is 1. The number of phenols is 1. The summed E-state index contributed by atoms with van der Waals surface area (Å²) in [7, 11) is -0.924. The third-order valence-electron chi connectivity index (χ3n) is 6.33. The number of hydrogen-bond donors (Lipinski definition) is 2. The molecule has 2 aromatic rings. The number of methoxy groups -OCH3 is 2. The molecule has 1 amide bonds. The minimum absolute atomic E-state index is 0.0336. The van der Waals surface area contributed by atoms with Gasteiger partial charge in [-0.15, -0.1) is 0 Å². The van der Waals surface area contributed by atoms with Crippen LogP contribution in [0.4, 0.5) is 0 Å². The van der Waals surface area contributed by atoms with Crippen molar-refractivity contribution < 1.29 is 42.4 Å². The first-order chi connectivity index (χ1) is 17.7. The van der Waals surface area contributed by atoms with Gasteiger partial charge in [-0.2, -0.15) is 4.31 Å². The van der Waals surface area contributed by atoms with Gasteiger partial charge in [-0.1, -0.05) is 6.07 Å². The monoisotopic (exact) mass is 532 g/mol. The van der Waals surface area contributed by atoms with Crippen LogP contribution in [0.5, 0.6) is 11.5 Å². The molecule has 2 saturated heterocycles. The Labute approximate surface area is 214 Å². The summed E-state index contributed by atoms with van der Waals surface area (Å²) in [5.41, 5.74) is 0.428. The molecule has 0 saturated carbocycles. The molecule has 2 aromatic carbocycles. The van der Waals surface area contributed by atoms with Crippen LogP contribution < -0.4 is 4.74 Å². The normalized spacial score (nSPS) is 20.4. The lowest BCUT2D eigenvalue weighted by Crippen LogP contribution is -2.40. The Bertz CT molecular complexity index is 1320. The van der Waals surface area contributed by atoms with Crippen molar-refractivity contribution in [3.05, 3.63) is 59.2 Å². The van der Waals surface area contributed by atoms with E-state index in [0.29, 0.717) is 18.8 Å². The maximum absolute atomic E-state index is 13.1. The van der Waals surface area contributed by atoms with Gasteiger partial charge in [-0.3, -0.25) is 9.59 Å². The van der Waals surface area contributed by atoms with Gasteiger partial charge in [-0.25, -0.2) is 8.42 Å². The van der Waals surface area contributed by atoms with Gasteiger partial charge < -0.3 is 29.3 Å². The third-order valence-corrected chi connectivity index (χ3v) is 8.24. The van der Waals surface area contributed by atoms with Gasteiger partial charge in [0.05, 0.1) is 43.4 Å². The summed E-state index contributed by atoms with van der Waals surface area (Å²) in [5, 5.41) is 21.2. The van der Waals surface area contributed by atoms with E-state index in [0.717, 1.165) is 0 Å². The Hall–Kier alpha value is -3.45. The standard InChI is InChI=1S/C25H28N2O9S/c1-34-12-11-27-22(17-5-8-19(28)20(15-17)35-2)21(24(30)25(27)31)23(29)16-3-6-18(7-4-16)37(32,33)26-9-13-36-14-10-26/h3-8,15,22,28-29H,9-14H2,1-2H3/t22-/m1/s1. The number of likely N-dealkylation sites (tertiary alicyclic amines) is 1. The van der Waals surface area contributed by atoms with Crippen LogP contribution in [-0.4, -0.2) is 93.2 Å². The number of nitrogens with zero attached hydrogens (tertiary/aromatic N) is 2. The van der Waals surface area contributed by atoms with Gasteiger partial charge in [0.25, 0.3) is 11.7 Å². The third kappa shape index (κ3) is 5.05. The number of aliphatic hydroxyl groups is 1. The summed E-state index contributed by atoms with van der Waals surface area (Å²) >= 11 is 0. The average Bonchev–Trinajstić information content (AvgIpc) is 3.17. The Balaban J connectivity index is 1.76. The van der Waals surface area contributed by atoms with Crippen molar-refractivity contribution in [1.29, 1.82) is 0 Å². The number of phenolic OH excluding ortho intramolecular Hbond substituents is 1. The molecule has 2 aliphatic heterocycles. The zero-order valence-electron chi connectivity index (χ0n) is 20.4. The van der Waals surface area contributed by atoms with E-state index in [1.54, 1.807) is 0 Å². The van der Waals surface area contributed by atoms with Gasteiger partial charge >= 0.3 is 0 Å². The van der Waals surface area contributed by atoms with E-state index in [-0.39, 0.29) is 53.8 Å². The summed E-state index contributed by atoms with van der Waals surface area (Å²) in [5.74, 6) is -2.16. The molecule has 2 heterocycles. The molecular formula is C25H28N2O9S. The van der Waals surface area contributed by atoms with Crippen LogP contribution in [0.1, 0.15) is 17.2 Å². The zero-order valence-corrected chi connectivity index (χ0v) is 21.2. The first kappa shape index (κ1) is 26.6. The average molecular weight is 533 g/mol. The lowest BCUT2D eigenvalue weighted by atomic mass is 9.95. The molecule has 0 aromatic heterocycles. The number of carbonyl (C=O) groups is 2. The highest BCUT2D eigenvalue weighted by Gasteiger charge is 2.46. The van der Waals surface area contributed by atoms with Crippen molar-refractivity contribution in [3.8, 4) is 11.5 Å². The highest BCUT2D eigenvalue weighted by atomic mass is 32.2. The Morgan fingerprint density at radius 1 is 1.08 bits per heavy atom. The van der Waals surface area contributed by atoms with E-state index in [1.807, 2.05) is 0 Å². The fourth-order valence-electron chi connectivity index (χ4n) is 4.39. The maximum Gasteiger partial charge on any atom is 0.295 e. The number of Topliss-reactive ketones (excluding diaryl/α,β-unsaturated/α-hetero) is 1. The van der Waals surface area contributed by atoms with Gasteiger partial charge in [0.2, 0.25) is 10.0 Å². The van der Waals surface area contributed by atoms with Crippen LogP contribution in [0.2, 0.25) is 0 Å². The first-order valence-electron chi connectivity index (χ1n) is 11.5. The lowest BCUT2D eigenvalue weighted by molar-refractivity contribution is -0.140. The van der Waals surface area contributed by atoms with E-state index in [4.69, 9.17) is 14.2 Å². The van der Waals surface area contributed by atoms with E-state index >= 15 is 0 Å². The van der Waals surface area contributed by atoms with Crippen molar-refractivity contribution in [2.45, 2.75) is 10.9 Å². The van der Waals surface area contributed by atoms with E-state index in [9.17, 15) is 28.2 Å². The van der Waals surface area contributed by atoms with Gasteiger partial charge in [0, 0.05) is 32.3 Å². The second-order valence-electron chi connectivity index (χ2n) is 8.46. The molecule has 12 heteroatoms. The predicted octanol–water partition coefficient (Wildman–Crippen LogP) is 1.49. The van der Waals surface area contributed by atoms with Crippen LogP contribution in [0.3, 0.4) is 0 Å². The summed E-state index contributed by atoms with van der Waals surface area (Å²) in [6, 6.07) is 8.87. The second-order valence-corrected chi connectivity index (χ2v) is 10.4. The molecule has 0 radical (unpaired) electrons. The maximum atomic E-state index is 13.1. The zero-order chi connectivity index (χ0) is 26.7. The smallest absolute Gasteiger partial charge is 0.295 e. The number of aromatic hydroxyl groups is 1. The fourth-order valence-corrected chi connectivity index (χ4v) is 5.80. The quantitative estimate of drug-likeness (QED) is 0.294. The van der Waals surface area contributed by atoms with Crippen molar-refractivity contribution in [2.24, 2.45) is 0 Å². The SMILES string of the molecule is COCCN1C(=O)C(=O)C(=C(O)c2ccc(S(=O)(=O)N3CCOCC3)cc2)[C@H]1c1ccc(O)c(OC)c1. The molecule has 11 nitrogen and oxygen atoms in total. The van der Waals surface area contributed by atoms with Crippen molar-refractivity contribution in [3.63, 3.8) is 0 Å². The topological polar surface area (TPSA) is 143 Å². The number of hydrogen-bond acceptors (Lipinski definition) is 9. The summed E-state index contributed by atoms with van der Waals surface area (Å²) < 4.78 is 42.7. The number of morpholine rings is 1. The minimum Gasteiger partial charge on any atom is -0.507 e. The summed E-state index contributed by atoms with van der Waals surface area (Å²) in [4.78, 5) is 27.3. The van der Waals surface area contributed by atoms with Crippen molar-refractivity contribution >= 4 is 27.5 Å². The molecule has 0 spiro atoms. The minimum atomic E-state index is -3.75. The predicted molar refractivity (Wildman–Crippen MR) is 132 cm³/mol. The lowest BCUT2D eigenvalue weighted by Gasteiger charge is -2.26. The number of aliphatic hydroxyl groups excluding tert-OH is 1. The highest BCUT2D eigenvalue weighted by Crippen LogP contribution is 2.41. The Kier molecular flexibility index (Phi) is 7.83. The largest absolute Gasteiger partial charge is 0.507 e. The van der Waals surface area contributed by atoms with Crippen molar-refractivity contribution in [2.75, 3.05) is 53.7 Å². The van der Waals surface area contributed by atoms with E-state index in [1.165, 1.54) is 65.9 Å². The Morgan fingerprint density at radius 2 is 1.76 bits per heavy atom. The molecule has 0 bridgehead atoms. The van der Waals surface area contributed by atoms with Gasteiger partial charge in [0.15, 0.2) is 11.5 Å². The van der Waals surface area contributed by atoms with Crippen LogP contribution >= 0.6 is 0 Å². The number of carbonyl (C=O) groups excluding carboxylic acids is 2. The molecule has 2 fully saturated rings.